The molecule has 2 rings (SSSR count). The summed E-state index contributed by atoms with van der Waals surface area (Å²) >= 11 is 0. The van der Waals surface area contributed by atoms with Crippen molar-refractivity contribution in [3.8, 4) is 6.07 Å². The number of allylic oxidation sites excluding steroid dienone is 1. The second-order valence-electron chi connectivity index (χ2n) is 3.65. The molecule has 3 heteroatoms. The van der Waals surface area contributed by atoms with Crippen molar-refractivity contribution in [2.75, 3.05) is 6.67 Å². The van der Waals surface area contributed by atoms with Gasteiger partial charge in [0.15, 0.2) is 0 Å². The van der Waals surface area contributed by atoms with Gasteiger partial charge in [0.1, 0.15) is 0 Å². The maximum Gasteiger partial charge on any atom is 0.0991 e. The number of rotatable bonds is 2. The zero-order valence-corrected chi connectivity index (χ0v) is 8.70. The van der Waals surface area contributed by atoms with Gasteiger partial charge in [-0.25, -0.2) is 0 Å². The topological polar surface area (TPSA) is 39.1 Å². The van der Waals surface area contributed by atoms with Gasteiger partial charge in [-0.1, -0.05) is 12.1 Å². The van der Waals surface area contributed by atoms with E-state index in [2.05, 4.69) is 23.2 Å². The number of nitrogens with zero attached hydrogens (tertiary/aromatic N) is 2. The van der Waals surface area contributed by atoms with Crippen LogP contribution in [-0.2, 0) is 6.54 Å². The van der Waals surface area contributed by atoms with Crippen LogP contribution in [0.2, 0.25) is 0 Å². The second-order valence-corrected chi connectivity index (χ2v) is 3.65. The van der Waals surface area contributed by atoms with Gasteiger partial charge in [-0.05, 0) is 24.6 Å². The number of hydrogen-bond donors (Lipinski definition) is 1. The summed E-state index contributed by atoms with van der Waals surface area (Å²) in [7, 11) is 0. The molecule has 76 valence electrons. The van der Waals surface area contributed by atoms with Crippen LogP contribution in [0, 0.1) is 11.3 Å². The van der Waals surface area contributed by atoms with Crippen molar-refractivity contribution in [1.82, 2.24) is 10.2 Å². The first-order chi connectivity index (χ1) is 7.29. The minimum absolute atomic E-state index is 0.713. The average molecular weight is 199 g/mol. The molecule has 1 heterocycles. The summed E-state index contributed by atoms with van der Waals surface area (Å²) in [5.74, 6) is 0. The van der Waals surface area contributed by atoms with Gasteiger partial charge < -0.3 is 10.2 Å². The lowest BCUT2D eigenvalue weighted by molar-refractivity contribution is 0.357. The van der Waals surface area contributed by atoms with Gasteiger partial charge >= 0.3 is 0 Å². The van der Waals surface area contributed by atoms with Gasteiger partial charge in [-0.15, -0.1) is 0 Å². The number of benzene rings is 1. The van der Waals surface area contributed by atoms with Crippen LogP contribution in [-0.4, -0.2) is 11.6 Å². The lowest BCUT2D eigenvalue weighted by atomic mass is 10.1. The largest absolute Gasteiger partial charge is 0.372 e. The van der Waals surface area contributed by atoms with E-state index in [4.69, 9.17) is 5.26 Å². The molecule has 0 bridgehead atoms. The Labute approximate surface area is 89.6 Å². The van der Waals surface area contributed by atoms with E-state index in [9.17, 15) is 0 Å². The molecular formula is C12H13N3. The van der Waals surface area contributed by atoms with E-state index in [1.807, 2.05) is 30.5 Å². The summed E-state index contributed by atoms with van der Waals surface area (Å²) in [5.41, 5.74) is 3.19. The van der Waals surface area contributed by atoms with Crippen LogP contribution in [0.5, 0.6) is 0 Å². The maximum absolute atomic E-state index is 8.68. The average Bonchev–Trinajstić information content (AvgIpc) is 2.66. The molecular weight excluding hydrogens is 186 g/mol. The fourth-order valence-electron chi connectivity index (χ4n) is 1.61. The van der Waals surface area contributed by atoms with E-state index in [1.54, 1.807) is 0 Å². The molecule has 1 aromatic carbocycles. The van der Waals surface area contributed by atoms with Gasteiger partial charge in [0.25, 0.3) is 0 Å². The lowest BCUT2D eigenvalue weighted by Crippen LogP contribution is -2.22. The van der Waals surface area contributed by atoms with E-state index in [0.717, 1.165) is 13.2 Å². The van der Waals surface area contributed by atoms with E-state index in [0.29, 0.717) is 5.56 Å². The van der Waals surface area contributed by atoms with Crippen molar-refractivity contribution >= 4 is 0 Å². The van der Waals surface area contributed by atoms with Crippen LogP contribution in [0.25, 0.3) is 0 Å². The Morgan fingerprint density at radius 2 is 2.13 bits per heavy atom. The summed E-state index contributed by atoms with van der Waals surface area (Å²) in [6.07, 6.45) is 2.02. The van der Waals surface area contributed by atoms with Gasteiger partial charge in [0, 0.05) is 18.4 Å². The van der Waals surface area contributed by atoms with Crippen molar-refractivity contribution in [2.45, 2.75) is 13.5 Å². The highest BCUT2D eigenvalue weighted by molar-refractivity contribution is 5.31. The molecule has 0 spiro atoms. The Bertz CT molecular complexity index is 411. The molecule has 1 aromatic rings. The summed E-state index contributed by atoms with van der Waals surface area (Å²) in [5, 5.41) is 11.9. The summed E-state index contributed by atoms with van der Waals surface area (Å²) in [6, 6.07) is 9.85. The Hall–Kier alpha value is -1.95. The van der Waals surface area contributed by atoms with Gasteiger partial charge in [0.2, 0.25) is 0 Å². The van der Waals surface area contributed by atoms with E-state index in [1.165, 1.54) is 11.3 Å². The first kappa shape index (κ1) is 9.60. The first-order valence-corrected chi connectivity index (χ1v) is 4.94. The van der Waals surface area contributed by atoms with E-state index in [-0.39, 0.29) is 0 Å². The smallest absolute Gasteiger partial charge is 0.0991 e. The van der Waals surface area contributed by atoms with Crippen LogP contribution < -0.4 is 5.32 Å². The lowest BCUT2D eigenvalue weighted by Gasteiger charge is -2.18. The molecule has 3 nitrogen and oxygen atoms in total. The van der Waals surface area contributed by atoms with Crippen molar-refractivity contribution in [2.24, 2.45) is 0 Å². The van der Waals surface area contributed by atoms with Crippen LogP contribution >= 0.6 is 0 Å². The number of nitriles is 1. The first-order valence-electron chi connectivity index (χ1n) is 4.94. The molecule has 15 heavy (non-hydrogen) atoms. The second kappa shape index (κ2) is 4.05. The molecule has 1 aliphatic rings. The van der Waals surface area contributed by atoms with Crippen molar-refractivity contribution in [1.29, 1.82) is 5.26 Å². The molecule has 0 aromatic heterocycles. The molecule has 0 unspecified atom stereocenters. The summed E-state index contributed by atoms with van der Waals surface area (Å²) in [6.45, 7) is 3.84. The third-order valence-corrected chi connectivity index (χ3v) is 2.55. The maximum atomic E-state index is 8.68. The van der Waals surface area contributed by atoms with Gasteiger partial charge in [-0.2, -0.15) is 5.26 Å². The predicted octanol–water partition coefficient (Wildman–Crippen LogP) is 1.78. The highest BCUT2D eigenvalue weighted by atomic mass is 15.3. The molecule has 1 N–H and O–H groups in total. The van der Waals surface area contributed by atoms with Crippen LogP contribution in [0.3, 0.4) is 0 Å². The molecule has 0 fully saturated rings. The minimum Gasteiger partial charge on any atom is -0.372 e. The minimum atomic E-state index is 0.713. The summed E-state index contributed by atoms with van der Waals surface area (Å²) in [4.78, 5) is 2.25. The van der Waals surface area contributed by atoms with Crippen LogP contribution in [0.1, 0.15) is 18.1 Å². The van der Waals surface area contributed by atoms with E-state index >= 15 is 0 Å². The monoisotopic (exact) mass is 199 g/mol. The Kier molecular flexibility index (Phi) is 2.59. The Morgan fingerprint density at radius 1 is 1.40 bits per heavy atom. The number of nitrogens with one attached hydrogen (secondary N) is 1. The predicted molar refractivity (Wildman–Crippen MR) is 58.5 cm³/mol. The molecule has 0 saturated carbocycles. The standard InChI is InChI=1S/C12H13N3/c1-10-7-14-9-15(10)8-12-4-2-11(6-13)3-5-12/h2-5,7,14H,8-9H2,1H3. The third-order valence-electron chi connectivity index (χ3n) is 2.55. The fraction of sp³-hybridized carbons (Fsp3) is 0.250. The van der Waals surface area contributed by atoms with E-state index < -0.39 is 0 Å². The summed E-state index contributed by atoms with van der Waals surface area (Å²) < 4.78 is 0. The molecule has 0 amide bonds. The quantitative estimate of drug-likeness (QED) is 0.789. The number of hydrogen-bond acceptors (Lipinski definition) is 3. The zero-order chi connectivity index (χ0) is 10.7. The zero-order valence-electron chi connectivity index (χ0n) is 8.70. The molecule has 0 atom stereocenters. The highest BCUT2D eigenvalue weighted by Gasteiger charge is 2.10. The molecule has 0 radical (unpaired) electrons. The Balaban J connectivity index is 2.05. The SMILES string of the molecule is CC1=CNCN1Cc1ccc(C#N)cc1. The fourth-order valence-corrected chi connectivity index (χ4v) is 1.61. The van der Waals surface area contributed by atoms with Crippen molar-refractivity contribution in [3.63, 3.8) is 0 Å². The third kappa shape index (κ3) is 2.10. The van der Waals surface area contributed by atoms with Crippen LogP contribution in [0.4, 0.5) is 0 Å². The van der Waals surface area contributed by atoms with Gasteiger partial charge in [-0.3, -0.25) is 0 Å². The molecule has 0 aliphatic carbocycles. The molecule has 1 aliphatic heterocycles. The highest BCUT2D eigenvalue weighted by Crippen LogP contribution is 2.13. The van der Waals surface area contributed by atoms with Gasteiger partial charge in [0.05, 0.1) is 18.3 Å². The Morgan fingerprint density at radius 3 is 2.67 bits per heavy atom. The molecule has 0 saturated heterocycles. The van der Waals surface area contributed by atoms with Crippen molar-refractivity contribution in [3.05, 3.63) is 47.3 Å². The van der Waals surface area contributed by atoms with Crippen LogP contribution in [0.15, 0.2) is 36.2 Å². The van der Waals surface area contributed by atoms with Crippen molar-refractivity contribution < 1.29 is 0 Å². The normalized spacial score (nSPS) is 14.4.